The Morgan fingerprint density at radius 3 is 1.86 bits per heavy atom. The molecule has 8 rings (SSSR count). The third kappa shape index (κ3) is 7.80. The monoisotopic (exact) mass is 929 g/mol. The second kappa shape index (κ2) is 17.8. The molecule has 0 aromatic rings. The number of aliphatic hydroxyl groups is 10. The molecule has 3 saturated heterocycles. The fourth-order valence-corrected chi connectivity index (χ4v) is 14.8. The van der Waals surface area contributed by atoms with E-state index in [4.69, 9.17) is 28.4 Å². The normalized spacial score (nSPS) is 54.3. The van der Waals surface area contributed by atoms with E-state index in [0.29, 0.717) is 19.3 Å². The number of hydrogen-bond acceptors (Lipinski definition) is 17. The highest BCUT2D eigenvalue weighted by Crippen LogP contribution is 2.76. The predicted molar refractivity (Wildman–Crippen MR) is 226 cm³/mol. The van der Waals surface area contributed by atoms with Crippen molar-refractivity contribution in [3.63, 3.8) is 0 Å². The Hall–Kier alpha value is -1.43. The van der Waals surface area contributed by atoms with Crippen LogP contribution in [0.3, 0.4) is 0 Å². The van der Waals surface area contributed by atoms with Gasteiger partial charge >= 0.3 is 5.97 Å². The van der Waals surface area contributed by atoms with E-state index in [2.05, 4.69) is 40.7 Å². The standard InChI is InChI=1S/C47H76O18/c1-42(2)13-15-47(41(58)59)16-14-45(5)22(23(47)17-42)7-8-28-43(3)11-10-29(44(4,21-50)27(43)9-12-46(28,45)6)64-40-37(65-39-36(57)34(55)31(52)25(19-49)62-39)32(53)26(20-60-40)63-38-35(56)33(54)30(51)24(18-48)61-38/h7,23-40,48-57H,8-21H2,1-6H3,(H,58,59). The third-order valence-corrected chi connectivity index (χ3v) is 19.2. The maximum atomic E-state index is 13.2. The minimum absolute atomic E-state index is 0.0242. The highest BCUT2D eigenvalue weighted by Gasteiger charge is 2.70. The van der Waals surface area contributed by atoms with Crippen molar-refractivity contribution in [1.82, 2.24) is 0 Å². The molecule has 8 aliphatic rings. The number of rotatable bonds is 10. The van der Waals surface area contributed by atoms with Crippen LogP contribution < -0.4 is 0 Å². The first-order valence-corrected chi connectivity index (χ1v) is 23.9. The van der Waals surface area contributed by atoms with Crippen LogP contribution in [0.2, 0.25) is 0 Å². The van der Waals surface area contributed by atoms with Gasteiger partial charge in [-0.2, -0.15) is 0 Å². The van der Waals surface area contributed by atoms with Crippen LogP contribution in [0.4, 0.5) is 0 Å². The van der Waals surface area contributed by atoms with E-state index in [-0.39, 0.29) is 52.6 Å². The molecule has 3 aliphatic heterocycles. The van der Waals surface area contributed by atoms with Crippen molar-refractivity contribution >= 4 is 5.97 Å². The van der Waals surface area contributed by atoms with Gasteiger partial charge in [-0.1, -0.05) is 53.2 Å². The minimum Gasteiger partial charge on any atom is -0.481 e. The summed E-state index contributed by atoms with van der Waals surface area (Å²) in [6.45, 7) is 11.6. The lowest BCUT2D eigenvalue weighted by atomic mass is 9.33. The second-order valence-electron chi connectivity index (χ2n) is 22.9. The first-order chi connectivity index (χ1) is 30.5. The van der Waals surface area contributed by atoms with Crippen molar-refractivity contribution in [3.8, 4) is 0 Å². The molecule has 0 radical (unpaired) electrons. The van der Waals surface area contributed by atoms with Crippen molar-refractivity contribution in [1.29, 1.82) is 0 Å². The van der Waals surface area contributed by atoms with E-state index in [1.807, 2.05) is 6.92 Å². The zero-order valence-electron chi connectivity index (χ0n) is 38.6. The van der Waals surface area contributed by atoms with E-state index in [9.17, 15) is 61.0 Å². The molecule has 372 valence electrons. The first-order valence-electron chi connectivity index (χ1n) is 23.9. The number of carboxylic acid groups (broad SMARTS) is 1. The van der Waals surface area contributed by atoms with Crippen molar-refractivity contribution in [2.45, 2.75) is 198 Å². The molecule has 0 aromatic heterocycles. The van der Waals surface area contributed by atoms with Crippen molar-refractivity contribution in [2.24, 2.45) is 50.2 Å². The Bertz CT molecular complexity index is 1760. The maximum absolute atomic E-state index is 13.2. The van der Waals surface area contributed by atoms with Crippen LogP contribution in [0, 0.1) is 50.2 Å². The van der Waals surface area contributed by atoms with Crippen LogP contribution in [0.15, 0.2) is 11.6 Å². The lowest BCUT2D eigenvalue weighted by Crippen LogP contribution is -2.67. The molecule has 18 heteroatoms. The molecular formula is C47H76O18. The molecule has 23 unspecified atom stereocenters. The van der Waals surface area contributed by atoms with Crippen LogP contribution >= 0.6 is 0 Å². The molecular weight excluding hydrogens is 852 g/mol. The van der Waals surface area contributed by atoms with Crippen molar-refractivity contribution in [3.05, 3.63) is 11.6 Å². The minimum atomic E-state index is -1.86. The average molecular weight is 929 g/mol. The molecule has 4 saturated carbocycles. The van der Waals surface area contributed by atoms with Crippen LogP contribution in [0.1, 0.15) is 106 Å². The maximum Gasteiger partial charge on any atom is 0.310 e. The SMILES string of the molecule is CC1(C)CCC2(C(=O)O)CCC3(C)C(=CCC4C5(C)CCC(OC6OCC(OC7OC(CO)C(O)C(O)C7O)C(O)C6OC6OC(CO)C(O)C(O)C6O)C(C)(CO)C5CCC43C)C2C1. The van der Waals surface area contributed by atoms with Crippen molar-refractivity contribution < 1.29 is 89.4 Å². The average Bonchev–Trinajstić information content (AvgIpc) is 3.26. The molecule has 18 nitrogen and oxygen atoms in total. The molecule has 23 atom stereocenters. The quantitative estimate of drug-likeness (QED) is 0.104. The number of hydrogen-bond donors (Lipinski definition) is 11. The van der Waals surface area contributed by atoms with Crippen LogP contribution in [0.5, 0.6) is 0 Å². The Labute approximate surface area is 380 Å². The summed E-state index contributed by atoms with van der Waals surface area (Å²) < 4.78 is 36.3. The van der Waals surface area contributed by atoms with Gasteiger partial charge in [0, 0.05) is 5.41 Å². The van der Waals surface area contributed by atoms with Gasteiger partial charge in [-0.05, 0) is 104 Å². The zero-order valence-corrected chi connectivity index (χ0v) is 38.6. The summed E-state index contributed by atoms with van der Waals surface area (Å²) in [5.41, 5.74) is -0.833. The third-order valence-electron chi connectivity index (χ3n) is 19.2. The highest BCUT2D eigenvalue weighted by molar-refractivity contribution is 5.76. The Morgan fingerprint density at radius 2 is 1.28 bits per heavy atom. The van der Waals surface area contributed by atoms with E-state index in [1.165, 1.54) is 5.57 Å². The Kier molecular flexibility index (Phi) is 13.7. The molecule has 3 heterocycles. The second-order valence-corrected chi connectivity index (χ2v) is 22.9. The lowest BCUT2D eigenvalue weighted by molar-refractivity contribution is -0.383. The number of allylic oxidation sites excluding steroid dienone is 2. The number of aliphatic carboxylic acids is 1. The van der Waals surface area contributed by atoms with Gasteiger partial charge in [0.2, 0.25) is 0 Å². The van der Waals surface area contributed by atoms with Gasteiger partial charge in [0.25, 0.3) is 0 Å². The summed E-state index contributed by atoms with van der Waals surface area (Å²) >= 11 is 0. The van der Waals surface area contributed by atoms with Gasteiger partial charge in [0.15, 0.2) is 18.9 Å². The highest BCUT2D eigenvalue weighted by atomic mass is 16.8. The number of fused-ring (bicyclic) bond motifs is 7. The largest absolute Gasteiger partial charge is 0.481 e. The van der Waals surface area contributed by atoms with Crippen LogP contribution in [-0.2, 0) is 33.2 Å². The van der Waals surface area contributed by atoms with Crippen LogP contribution in [0.25, 0.3) is 0 Å². The molecule has 65 heavy (non-hydrogen) atoms. The lowest BCUT2D eigenvalue weighted by Gasteiger charge is -2.71. The van der Waals surface area contributed by atoms with Gasteiger partial charge in [0.05, 0.1) is 37.9 Å². The number of carbonyl (C=O) groups is 1. The van der Waals surface area contributed by atoms with E-state index < -0.39 is 122 Å². The topological polar surface area (TPSA) is 295 Å². The summed E-state index contributed by atoms with van der Waals surface area (Å²) in [6.07, 6.45) is -13.4. The van der Waals surface area contributed by atoms with Crippen molar-refractivity contribution in [2.75, 3.05) is 26.4 Å². The molecule has 0 aromatic carbocycles. The fourth-order valence-electron chi connectivity index (χ4n) is 14.8. The molecule has 0 spiro atoms. The number of aliphatic hydroxyl groups excluding tert-OH is 10. The van der Waals surface area contributed by atoms with E-state index >= 15 is 0 Å². The molecule has 5 aliphatic carbocycles. The molecule has 7 fully saturated rings. The zero-order chi connectivity index (χ0) is 47.4. The van der Waals surface area contributed by atoms with Gasteiger partial charge in [-0.3, -0.25) is 4.79 Å². The summed E-state index contributed by atoms with van der Waals surface area (Å²) in [5, 5.41) is 117. The summed E-state index contributed by atoms with van der Waals surface area (Å²) in [6, 6.07) is 0. The number of ether oxygens (including phenoxy) is 6. The summed E-state index contributed by atoms with van der Waals surface area (Å²) in [5.74, 6) is -0.512. The molecule has 11 N–H and O–H groups in total. The fraction of sp³-hybridized carbons (Fsp3) is 0.936. The van der Waals surface area contributed by atoms with Crippen LogP contribution in [-0.4, -0.2) is 181 Å². The Balaban J connectivity index is 1.06. The summed E-state index contributed by atoms with van der Waals surface area (Å²) in [7, 11) is 0. The summed E-state index contributed by atoms with van der Waals surface area (Å²) in [4.78, 5) is 13.2. The number of carboxylic acids is 1. The first kappa shape index (κ1) is 50.0. The van der Waals surface area contributed by atoms with Gasteiger partial charge < -0.3 is 84.6 Å². The smallest absolute Gasteiger partial charge is 0.310 e. The van der Waals surface area contributed by atoms with E-state index in [1.54, 1.807) is 0 Å². The molecule has 0 amide bonds. The van der Waals surface area contributed by atoms with Gasteiger partial charge in [-0.15, -0.1) is 0 Å². The predicted octanol–water partition coefficient (Wildman–Crippen LogP) is 0.318. The van der Waals surface area contributed by atoms with Gasteiger partial charge in [-0.25, -0.2) is 0 Å². The Morgan fingerprint density at radius 1 is 0.677 bits per heavy atom. The van der Waals surface area contributed by atoms with Gasteiger partial charge in [0.1, 0.15) is 67.1 Å². The molecule has 0 bridgehead atoms. The van der Waals surface area contributed by atoms with E-state index in [0.717, 1.165) is 44.9 Å².